The molecule has 4 heteroatoms. The van der Waals surface area contributed by atoms with E-state index in [9.17, 15) is 4.79 Å². The Balaban J connectivity index is 2.47. The molecule has 2 rings (SSSR count). The van der Waals surface area contributed by atoms with Crippen LogP contribution < -0.4 is 5.73 Å². The molecule has 1 aromatic carbocycles. The normalized spacial score (nSPS) is 10.5. The monoisotopic (exact) mass is 357 g/mol. The van der Waals surface area contributed by atoms with Gasteiger partial charge in [-0.05, 0) is 66.3 Å². The SMILES string of the molecule is Cc1sc(N)c(C(=O)c2ccc(I)cc2)c1C. The summed E-state index contributed by atoms with van der Waals surface area (Å²) in [5.74, 6) is 0.0146. The molecule has 0 bridgehead atoms. The van der Waals surface area contributed by atoms with Crippen LogP contribution in [0.2, 0.25) is 0 Å². The number of hydrogen-bond donors (Lipinski definition) is 1. The number of thiophene rings is 1. The maximum Gasteiger partial charge on any atom is 0.196 e. The number of anilines is 1. The molecule has 1 heterocycles. The minimum absolute atomic E-state index is 0.0146. The second-order valence-electron chi connectivity index (χ2n) is 3.86. The highest BCUT2D eigenvalue weighted by Crippen LogP contribution is 2.31. The van der Waals surface area contributed by atoms with Crippen molar-refractivity contribution in [3.63, 3.8) is 0 Å². The van der Waals surface area contributed by atoms with Crippen molar-refractivity contribution in [2.45, 2.75) is 13.8 Å². The van der Waals surface area contributed by atoms with Crippen LogP contribution in [0, 0.1) is 17.4 Å². The van der Waals surface area contributed by atoms with Crippen LogP contribution in [-0.4, -0.2) is 5.78 Å². The number of ketones is 1. The van der Waals surface area contributed by atoms with Crippen LogP contribution in [0.1, 0.15) is 26.4 Å². The topological polar surface area (TPSA) is 43.1 Å². The summed E-state index contributed by atoms with van der Waals surface area (Å²) in [5.41, 5.74) is 8.26. The second-order valence-corrected chi connectivity index (χ2v) is 6.36. The number of benzene rings is 1. The number of carbonyl (C=O) groups excluding carboxylic acids is 1. The molecule has 0 fully saturated rings. The Kier molecular flexibility index (Phi) is 3.53. The predicted molar refractivity (Wildman–Crippen MR) is 80.8 cm³/mol. The summed E-state index contributed by atoms with van der Waals surface area (Å²) in [6.45, 7) is 3.93. The summed E-state index contributed by atoms with van der Waals surface area (Å²) < 4.78 is 1.12. The van der Waals surface area contributed by atoms with E-state index in [0.29, 0.717) is 16.1 Å². The number of halogens is 1. The highest BCUT2D eigenvalue weighted by Gasteiger charge is 2.18. The summed E-state index contributed by atoms with van der Waals surface area (Å²) in [7, 11) is 0. The van der Waals surface area contributed by atoms with E-state index >= 15 is 0 Å². The van der Waals surface area contributed by atoms with Crippen molar-refractivity contribution in [1.82, 2.24) is 0 Å². The van der Waals surface area contributed by atoms with Gasteiger partial charge in [-0.15, -0.1) is 11.3 Å². The smallest absolute Gasteiger partial charge is 0.196 e. The zero-order valence-electron chi connectivity index (χ0n) is 9.58. The van der Waals surface area contributed by atoms with Gasteiger partial charge >= 0.3 is 0 Å². The fourth-order valence-electron chi connectivity index (χ4n) is 1.68. The van der Waals surface area contributed by atoms with E-state index in [2.05, 4.69) is 22.6 Å². The summed E-state index contributed by atoms with van der Waals surface area (Å²) in [6, 6.07) is 7.54. The summed E-state index contributed by atoms with van der Waals surface area (Å²) in [5, 5.41) is 0.614. The van der Waals surface area contributed by atoms with E-state index in [1.807, 2.05) is 38.1 Å². The van der Waals surface area contributed by atoms with Crippen LogP contribution in [-0.2, 0) is 0 Å². The Morgan fingerprint density at radius 2 is 1.82 bits per heavy atom. The van der Waals surface area contributed by atoms with Gasteiger partial charge in [0.15, 0.2) is 5.78 Å². The average Bonchev–Trinajstić information content (AvgIpc) is 2.53. The first-order valence-electron chi connectivity index (χ1n) is 5.16. The summed E-state index contributed by atoms with van der Waals surface area (Å²) in [4.78, 5) is 13.4. The summed E-state index contributed by atoms with van der Waals surface area (Å²) in [6.07, 6.45) is 0. The van der Waals surface area contributed by atoms with Gasteiger partial charge in [0.25, 0.3) is 0 Å². The molecule has 0 saturated heterocycles. The van der Waals surface area contributed by atoms with Gasteiger partial charge in [0, 0.05) is 14.0 Å². The van der Waals surface area contributed by atoms with Crippen molar-refractivity contribution in [3.05, 3.63) is 49.4 Å². The van der Waals surface area contributed by atoms with E-state index in [1.54, 1.807) is 0 Å². The maximum atomic E-state index is 12.3. The molecule has 0 aliphatic rings. The van der Waals surface area contributed by atoms with Crippen LogP contribution in [0.25, 0.3) is 0 Å². The molecular formula is C13H12INOS. The number of aryl methyl sites for hydroxylation is 1. The van der Waals surface area contributed by atoms with Crippen LogP contribution in [0.15, 0.2) is 24.3 Å². The highest BCUT2D eigenvalue weighted by atomic mass is 127. The Morgan fingerprint density at radius 3 is 2.29 bits per heavy atom. The highest BCUT2D eigenvalue weighted by molar-refractivity contribution is 14.1. The van der Waals surface area contributed by atoms with Crippen molar-refractivity contribution >= 4 is 44.7 Å². The van der Waals surface area contributed by atoms with Crippen LogP contribution in [0.3, 0.4) is 0 Å². The Hall–Kier alpha value is -0.880. The molecule has 0 unspecified atom stereocenters. The van der Waals surface area contributed by atoms with E-state index in [1.165, 1.54) is 11.3 Å². The first-order chi connectivity index (χ1) is 8.00. The molecule has 0 amide bonds. The molecule has 0 aliphatic heterocycles. The number of rotatable bonds is 2. The average molecular weight is 357 g/mol. The molecule has 0 spiro atoms. The zero-order chi connectivity index (χ0) is 12.6. The van der Waals surface area contributed by atoms with Gasteiger partial charge in [0.2, 0.25) is 0 Å². The Morgan fingerprint density at radius 1 is 1.24 bits per heavy atom. The van der Waals surface area contributed by atoms with Gasteiger partial charge in [0.1, 0.15) is 0 Å². The Labute approximate surface area is 118 Å². The van der Waals surface area contributed by atoms with Crippen LogP contribution in [0.4, 0.5) is 5.00 Å². The van der Waals surface area contributed by atoms with E-state index in [4.69, 9.17) is 5.73 Å². The predicted octanol–water partition coefficient (Wildman–Crippen LogP) is 3.78. The third-order valence-corrected chi connectivity index (χ3v) is 4.50. The number of nitrogens with two attached hydrogens (primary N) is 1. The largest absolute Gasteiger partial charge is 0.390 e. The molecule has 2 aromatic rings. The van der Waals surface area contributed by atoms with Gasteiger partial charge in [-0.25, -0.2) is 0 Å². The lowest BCUT2D eigenvalue weighted by molar-refractivity contribution is 0.103. The maximum absolute atomic E-state index is 12.3. The third kappa shape index (κ3) is 2.37. The zero-order valence-corrected chi connectivity index (χ0v) is 12.6. The fourth-order valence-corrected chi connectivity index (χ4v) is 2.97. The first kappa shape index (κ1) is 12.6. The van der Waals surface area contributed by atoms with Crippen molar-refractivity contribution < 1.29 is 4.79 Å². The second kappa shape index (κ2) is 4.78. The quantitative estimate of drug-likeness (QED) is 0.657. The lowest BCUT2D eigenvalue weighted by atomic mass is 10.0. The molecule has 1 aromatic heterocycles. The van der Waals surface area contributed by atoms with E-state index in [-0.39, 0.29) is 5.78 Å². The van der Waals surface area contributed by atoms with Gasteiger partial charge in [-0.1, -0.05) is 0 Å². The molecule has 88 valence electrons. The summed E-state index contributed by atoms with van der Waals surface area (Å²) >= 11 is 3.70. The third-order valence-electron chi connectivity index (χ3n) is 2.75. The standard InChI is InChI=1S/C13H12INOS/c1-7-8(2)17-13(15)11(7)12(16)9-3-5-10(14)6-4-9/h3-6H,15H2,1-2H3. The van der Waals surface area contributed by atoms with Gasteiger partial charge in [-0.2, -0.15) is 0 Å². The van der Waals surface area contributed by atoms with Crippen molar-refractivity contribution in [2.24, 2.45) is 0 Å². The molecule has 2 N–H and O–H groups in total. The van der Waals surface area contributed by atoms with Crippen molar-refractivity contribution in [1.29, 1.82) is 0 Å². The minimum Gasteiger partial charge on any atom is -0.390 e. The van der Waals surface area contributed by atoms with E-state index < -0.39 is 0 Å². The van der Waals surface area contributed by atoms with Gasteiger partial charge in [-0.3, -0.25) is 4.79 Å². The number of carbonyl (C=O) groups is 1. The van der Waals surface area contributed by atoms with E-state index in [0.717, 1.165) is 14.0 Å². The molecule has 0 atom stereocenters. The van der Waals surface area contributed by atoms with Crippen molar-refractivity contribution in [2.75, 3.05) is 5.73 Å². The van der Waals surface area contributed by atoms with Crippen LogP contribution in [0.5, 0.6) is 0 Å². The first-order valence-corrected chi connectivity index (χ1v) is 7.06. The minimum atomic E-state index is 0.0146. The molecule has 0 radical (unpaired) electrons. The molecule has 17 heavy (non-hydrogen) atoms. The lowest BCUT2D eigenvalue weighted by Crippen LogP contribution is -2.04. The fraction of sp³-hybridized carbons (Fsp3) is 0.154. The van der Waals surface area contributed by atoms with Gasteiger partial charge < -0.3 is 5.73 Å². The Bertz CT molecular complexity index is 572. The van der Waals surface area contributed by atoms with Gasteiger partial charge in [0.05, 0.1) is 10.6 Å². The lowest BCUT2D eigenvalue weighted by Gasteiger charge is -2.02. The molecule has 0 saturated carbocycles. The molecule has 2 nitrogen and oxygen atoms in total. The van der Waals surface area contributed by atoms with Crippen molar-refractivity contribution in [3.8, 4) is 0 Å². The van der Waals surface area contributed by atoms with Crippen LogP contribution >= 0.6 is 33.9 Å². The molecular weight excluding hydrogens is 345 g/mol. The number of nitrogen functional groups attached to an aromatic ring is 1. The number of hydrogen-bond acceptors (Lipinski definition) is 3. The molecule has 0 aliphatic carbocycles.